The van der Waals surface area contributed by atoms with Gasteiger partial charge in [0, 0.05) is 51.6 Å². The molecular weight excluding hydrogens is 790 g/mol. The van der Waals surface area contributed by atoms with E-state index >= 15 is 0 Å². The third kappa shape index (κ3) is 7.56. The smallest absolute Gasteiger partial charge is 0.151 e. The second kappa shape index (κ2) is 17.7. The van der Waals surface area contributed by atoms with Gasteiger partial charge >= 0.3 is 0 Å². The summed E-state index contributed by atoms with van der Waals surface area (Å²) in [4.78, 5) is 2.57. The second-order valence-corrected chi connectivity index (χ2v) is 17.1. The number of aliphatic hydroxyl groups excluding tert-OH is 1. The van der Waals surface area contributed by atoms with Gasteiger partial charge in [0.25, 0.3) is 0 Å². The lowest BCUT2D eigenvalue weighted by molar-refractivity contribution is -0.105. The lowest BCUT2D eigenvalue weighted by atomic mass is 9.67. The second-order valence-electron chi connectivity index (χ2n) is 16.2. The summed E-state index contributed by atoms with van der Waals surface area (Å²) in [6.45, 7) is 10.4. The zero-order chi connectivity index (χ0) is 40.3. The highest BCUT2D eigenvalue weighted by Gasteiger charge is 2.48. The van der Waals surface area contributed by atoms with E-state index in [1.54, 1.807) is 14.0 Å². The molecule has 2 aliphatic heterocycles. The van der Waals surface area contributed by atoms with Crippen molar-refractivity contribution in [1.29, 1.82) is 0 Å². The number of hydrogen-bond donors (Lipinski definition) is 1. The number of nitrogens with zero attached hydrogens (tertiary/aromatic N) is 1. The van der Waals surface area contributed by atoms with Crippen LogP contribution < -0.4 is 9.64 Å². The summed E-state index contributed by atoms with van der Waals surface area (Å²) >= 11 is 3.91. The van der Waals surface area contributed by atoms with E-state index in [1.807, 2.05) is 6.07 Å². The van der Waals surface area contributed by atoms with E-state index in [4.69, 9.17) is 23.7 Å². The highest BCUT2D eigenvalue weighted by Crippen LogP contribution is 2.62. The lowest BCUT2D eigenvalue weighted by Crippen LogP contribution is -2.33. The largest absolute Gasteiger partial charge is 0.496 e. The molecule has 0 bridgehead atoms. The molecule has 0 radical (unpaired) electrons. The molecule has 58 heavy (non-hydrogen) atoms. The maximum absolute atomic E-state index is 9.48. The van der Waals surface area contributed by atoms with Crippen LogP contribution in [0.1, 0.15) is 94.4 Å². The van der Waals surface area contributed by atoms with Crippen LogP contribution in [0.5, 0.6) is 5.75 Å². The Bertz CT molecular complexity index is 2200. The van der Waals surface area contributed by atoms with Gasteiger partial charge in [-0.3, -0.25) is 0 Å². The van der Waals surface area contributed by atoms with Gasteiger partial charge in [-0.05, 0) is 126 Å². The Kier molecular flexibility index (Phi) is 12.5. The molecule has 1 fully saturated rings. The molecule has 0 amide bonds. The zero-order valence-electron chi connectivity index (χ0n) is 34.6. The number of aliphatic hydroxyl groups is 1. The Morgan fingerprint density at radius 2 is 1.66 bits per heavy atom. The summed E-state index contributed by atoms with van der Waals surface area (Å²) in [6.07, 6.45) is 14.2. The Hall–Kier alpha value is -3.92. The fraction of sp³-hybridized carbons (Fsp3) is 0.440. The van der Waals surface area contributed by atoms with Gasteiger partial charge in [-0.2, -0.15) is 0 Å². The first-order chi connectivity index (χ1) is 28.3. The first kappa shape index (κ1) is 40.8. The van der Waals surface area contributed by atoms with Crippen LogP contribution in [0, 0.1) is 0 Å². The van der Waals surface area contributed by atoms with Crippen molar-refractivity contribution in [3.05, 3.63) is 123 Å². The van der Waals surface area contributed by atoms with Gasteiger partial charge in [0.05, 0.1) is 33.5 Å². The van der Waals surface area contributed by atoms with Crippen molar-refractivity contribution in [3.8, 4) is 16.9 Å². The van der Waals surface area contributed by atoms with Gasteiger partial charge in [-0.1, -0.05) is 79.0 Å². The van der Waals surface area contributed by atoms with E-state index in [2.05, 4.69) is 114 Å². The van der Waals surface area contributed by atoms with Crippen molar-refractivity contribution < 1.29 is 28.8 Å². The van der Waals surface area contributed by atoms with Crippen LogP contribution in [0.25, 0.3) is 27.5 Å². The first-order valence-corrected chi connectivity index (χ1v) is 22.2. The number of rotatable bonds is 16. The maximum atomic E-state index is 9.48. The van der Waals surface area contributed by atoms with Crippen molar-refractivity contribution >= 4 is 38.0 Å². The molecule has 7 nitrogen and oxygen atoms in total. The number of ether oxygens (including phenoxy) is 5. The number of hydrogen-bond acceptors (Lipinski definition) is 7. The zero-order valence-corrected chi connectivity index (χ0v) is 36.2. The Balaban J connectivity index is 1.30. The molecule has 0 saturated carbocycles. The first-order valence-electron chi connectivity index (χ1n) is 21.4. The molecule has 306 valence electrons. The third-order valence-corrected chi connectivity index (χ3v) is 13.1. The predicted octanol–water partition coefficient (Wildman–Crippen LogP) is 11.4. The maximum Gasteiger partial charge on any atom is 0.151 e. The number of piperidine rings is 1. The molecular formula is C50H58BrNO6. The predicted molar refractivity (Wildman–Crippen MR) is 238 cm³/mol. The molecule has 2 heterocycles. The van der Waals surface area contributed by atoms with Crippen molar-refractivity contribution in [3.63, 3.8) is 0 Å². The Morgan fingerprint density at radius 1 is 0.879 bits per heavy atom. The van der Waals surface area contributed by atoms with E-state index in [0.29, 0.717) is 39.5 Å². The summed E-state index contributed by atoms with van der Waals surface area (Å²) in [7, 11) is 1.78. The molecule has 0 aromatic heterocycles. The van der Waals surface area contributed by atoms with Crippen LogP contribution in [0.4, 0.5) is 5.69 Å². The fourth-order valence-corrected chi connectivity index (χ4v) is 10.6. The van der Waals surface area contributed by atoms with E-state index in [-0.39, 0.29) is 5.41 Å². The Labute approximate surface area is 352 Å². The molecule has 4 aromatic carbocycles. The number of anilines is 1. The van der Waals surface area contributed by atoms with Crippen LogP contribution in [0.2, 0.25) is 0 Å². The van der Waals surface area contributed by atoms with Crippen molar-refractivity contribution in [2.75, 3.05) is 58.1 Å². The van der Waals surface area contributed by atoms with Crippen molar-refractivity contribution in [2.45, 2.75) is 89.4 Å². The van der Waals surface area contributed by atoms with E-state index < -0.39 is 11.9 Å². The molecule has 2 aliphatic carbocycles. The molecule has 1 N–H and O–H groups in total. The minimum Gasteiger partial charge on any atom is -0.496 e. The number of methoxy groups -OCH3 is 1. The summed E-state index contributed by atoms with van der Waals surface area (Å²) in [5, 5.41) is 11.9. The number of allylic oxidation sites excluding steroid dienone is 2. The van der Waals surface area contributed by atoms with Crippen LogP contribution in [0.3, 0.4) is 0 Å². The number of benzene rings is 4. The topological polar surface area (TPSA) is 69.6 Å². The molecule has 8 heteroatoms. The van der Waals surface area contributed by atoms with Crippen molar-refractivity contribution in [2.24, 2.45) is 0 Å². The molecule has 2 unspecified atom stereocenters. The summed E-state index contributed by atoms with van der Waals surface area (Å²) in [5.74, 6) is 1.81. The minimum absolute atomic E-state index is 0.211. The molecule has 8 rings (SSSR count). The van der Waals surface area contributed by atoms with Crippen LogP contribution in [0.15, 0.2) is 101 Å². The van der Waals surface area contributed by atoms with Gasteiger partial charge in [0.1, 0.15) is 23.7 Å². The average Bonchev–Trinajstić information content (AvgIpc) is 3.52. The van der Waals surface area contributed by atoms with Crippen LogP contribution in [-0.2, 0) is 30.0 Å². The van der Waals surface area contributed by atoms with Crippen LogP contribution in [-0.4, -0.2) is 64.6 Å². The number of fused-ring (bicyclic) bond motifs is 8. The van der Waals surface area contributed by atoms with Gasteiger partial charge in [0.15, 0.2) is 6.29 Å². The summed E-state index contributed by atoms with van der Waals surface area (Å²) < 4.78 is 32.4. The quantitative estimate of drug-likeness (QED) is 0.0889. The van der Waals surface area contributed by atoms with Gasteiger partial charge in [-0.25, -0.2) is 0 Å². The van der Waals surface area contributed by atoms with Gasteiger partial charge in [0.2, 0.25) is 0 Å². The molecule has 0 spiro atoms. The SMILES string of the molecule is CCCC1(CCC)c2cc(Br)ccc2-c2c1c1c(c3ccc(N4CCCCC4)cc23)OCC=C1C1=C(OC)C=CC(OCCOCCOC(C)O)(c2ccccc2)C1. The minimum atomic E-state index is -0.820. The van der Waals surface area contributed by atoms with E-state index in [1.165, 1.54) is 63.7 Å². The number of halogens is 1. The molecule has 1 saturated heterocycles. The fourth-order valence-electron chi connectivity index (χ4n) is 10.2. The summed E-state index contributed by atoms with van der Waals surface area (Å²) in [5.41, 5.74) is 10.3. The molecule has 4 aromatic rings. The average molecular weight is 849 g/mol. The monoisotopic (exact) mass is 847 g/mol. The van der Waals surface area contributed by atoms with Gasteiger partial charge in [-0.15, -0.1) is 0 Å². The van der Waals surface area contributed by atoms with E-state index in [0.717, 1.165) is 71.3 Å². The molecule has 2 atom stereocenters. The standard InChI is InChI=1S/C50H58BrNO6/c1-5-21-49(22-6-2)43-31-36(51)15-17-40(43)45-41-32-37(52-24-11-8-12-25-52)16-18-39(41)48-46(47(45)49)38(20-26-57-48)42-33-50(23-19-44(42)54-4,35-13-9-7-10-14-35)58-30-28-55-27-29-56-34(3)53/h7,9-10,13-20,23,31-32,34,53H,5-6,8,11-12,21-22,24-30,33H2,1-4H3. The normalized spacial score (nSPS) is 20.0. The van der Waals surface area contributed by atoms with Crippen LogP contribution >= 0.6 is 15.9 Å². The molecule has 4 aliphatic rings. The summed E-state index contributed by atoms with van der Waals surface area (Å²) in [6, 6.07) is 24.6. The third-order valence-electron chi connectivity index (χ3n) is 12.6. The lowest BCUT2D eigenvalue weighted by Gasteiger charge is -2.39. The van der Waals surface area contributed by atoms with Gasteiger partial charge < -0.3 is 33.7 Å². The van der Waals surface area contributed by atoms with Crippen molar-refractivity contribution in [1.82, 2.24) is 0 Å². The highest BCUT2D eigenvalue weighted by atomic mass is 79.9. The highest BCUT2D eigenvalue weighted by molar-refractivity contribution is 9.10. The van der Waals surface area contributed by atoms with E-state index in [9.17, 15) is 5.11 Å². The Morgan fingerprint density at radius 3 is 2.40 bits per heavy atom.